The summed E-state index contributed by atoms with van der Waals surface area (Å²) in [5, 5.41) is 3.00. The highest BCUT2D eigenvalue weighted by Gasteiger charge is 2.30. The maximum Gasteiger partial charge on any atom is 0.268 e. The highest BCUT2D eigenvalue weighted by atomic mass is 35.5. The third-order valence-corrected chi connectivity index (χ3v) is 7.16. The zero-order valence-corrected chi connectivity index (χ0v) is 20.8. The van der Waals surface area contributed by atoms with Gasteiger partial charge in [-0.25, -0.2) is 13.4 Å². The minimum absolute atomic E-state index is 0.0464. The Morgan fingerprint density at radius 3 is 2.53 bits per heavy atom. The average Bonchev–Trinajstić information content (AvgIpc) is 3.33. The molecule has 0 fully saturated rings. The number of carbonyl (C=O) groups is 1. The van der Waals surface area contributed by atoms with Gasteiger partial charge in [-0.15, -0.1) is 0 Å². The van der Waals surface area contributed by atoms with Gasteiger partial charge in [0.05, 0.1) is 31.3 Å². The molecule has 182 valence electrons. The highest BCUT2D eigenvalue weighted by molar-refractivity contribution is 7.93. The quantitative estimate of drug-likeness (QED) is 0.400. The summed E-state index contributed by atoms with van der Waals surface area (Å²) in [6.45, 7) is 2.39. The van der Waals surface area contributed by atoms with Crippen LogP contribution in [-0.2, 0) is 21.4 Å². The van der Waals surface area contributed by atoms with E-state index in [0.717, 1.165) is 9.87 Å². The molecule has 0 spiro atoms. The maximum absolute atomic E-state index is 13.7. The fourth-order valence-electron chi connectivity index (χ4n) is 3.32. The second-order valence-corrected chi connectivity index (χ2v) is 9.73. The van der Waals surface area contributed by atoms with Crippen LogP contribution in [-0.4, -0.2) is 51.2 Å². The molecule has 34 heavy (non-hydrogen) atoms. The molecule has 0 aliphatic carbocycles. The number of halogens is 1. The van der Waals surface area contributed by atoms with Gasteiger partial charge in [-0.05, 0) is 49.2 Å². The van der Waals surface area contributed by atoms with Gasteiger partial charge in [0.15, 0.2) is 0 Å². The van der Waals surface area contributed by atoms with E-state index in [2.05, 4.69) is 10.3 Å². The number of ether oxygens (including phenoxy) is 2. The first kappa shape index (κ1) is 25.4. The van der Waals surface area contributed by atoms with Crippen LogP contribution in [0.3, 0.4) is 0 Å². The molecular formula is C23H27ClN4O5S. The number of carbonyl (C=O) groups excluding carboxylic acids is 1. The number of hydrogen-bond donors (Lipinski definition) is 1. The summed E-state index contributed by atoms with van der Waals surface area (Å²) in [5.41, 5.74) is 0.957. The van der Waals surface area contributed by atoms with Gasteiger partial charge < -0.3 is 19.4 Å². The molecule has 1 aromatic heterocycles. The Hall–Kier alpha value is -3.24. The van der Waals surface area contributed by atoms with Crippen molar-refractivity contribution in [1.82, 2.24) is 14.9 Å². The lowest BCUT2D eigenvalue weighted by molar-refractivity contribution is -0.119. The predicted octanol–water partition coefficient (Wildman–Crippen LogP) is 3.26. The molecule has 0 bridgehead atoms. The van der Waals surface area contributed by atoms with Crippen LogP contribution in [0.5, 0.6) is 11.5 Å². The smallest absolute Gasteiger partial charge is 0.268 e. The summed E-state index contributed by atoms with van der Waals surface area (Å²) in [6, 6.07) is 9.38. The van der Waals surface area contributed by atoms with Crippen LogP contribution in [0.15, 0.2) is 60.0 Å². The van der Waals surface area contributed by atoms with Gasteiger partial charge in [0.1, 0.15) is 22.9 Å². The molecule has 0 aliphatic rings. The third-order valence-electron chi connectivity index (χ3n) is 5.07. The van der Waals surface area contributed by atoms with E-state index < -0.39 is 22.5 Å². The van der Waals surface area contributed by atoms with Crippen LogP contribution < -0.4 is 19.1 Å². The predicted molar refractivity (Wildman–Crippen MR) is 130 cm³/mol. The van der Waals surface area contributed by atoms with Gasteiger partial charge in [-0.2, -0.15) is 0 Å². The Labute approximate surface area is 204 Å². The highest BCUT2D eigenvalue weighted by Crippen LogP contribution is 2.34. The first-order chi connectivity index (χ1) is 16.3. The number of anilines is 1. The van der Waals surface area contributed by atoms with Crippen molar-refractivity contribution in [2.24, 2.45) is 0 Å². The van der Waals surface area contributed by atoms with Crippen LogP contribution in [0.4, 0.5) is 5.69 Å². The van der Waals surface area contributed by atoms with E-state index in [-0.39, 0.29) is 21.4 Å². The van der Waals surface area contributed by atoms with E-state index in [0.29, 0.717) is 25.3 Å². The second-order valence-electron chi connectivity index (χ2n) is 7.49. The minimum atomic E-state index is -4.18. The van der Waals surface area contributed by atoms with E-state index in [1.165, 1.54) is 32.4 Å². The van der Waals surface area contributed by atoms with Crippen LogP contribution in [0.25, 0.3) is 0 Å². The van der Waals surface area contributed by atoms with Crippen molar-refractivity contribution >= 4 is 33.2 Å². The Balaban J connectivity index is 1.87. The topological polar surface area (TPSA) is 103 Å². The van der Waals surface area contributed by atoms with Crippen LogP contribution in [0.2, 0.25) is 5.02 Å². The van der Waals surface area contributed by atoms with Crippen LogP contribution in [0.1, 0.15) is 12.0 Å². The molecule has 0 saturated heterocycles. The van der Waals surface area contributed by atoms with Crippen molar-refractivity contribution < 1.29 is 22.7 Å². The maximum atomic E-state index is 13.7. The number of imidazole rings is 1. The van der Waals surface area contributed by atoms with Crippen molar-refractivity contribution in [1.29, 1.82) is 0 Å². The molecule has 3 aromatic rings. The third kappa shape index (κ3) is 6.00. The van der Waals surface area contributed by atoms with Gasteiger partial charge in [-0.3, -0.25) is 9.10 Å². The molecule has 0 atom stereocenters. The van der Waals surface area contributed by atoms with E-state index >= 15 is 0 Å². The van der Waals surface area contributed by atoms with E-state index in [1.807, 2.05) is 10.8 Å². The lowest BCUT2D eigenvalue weighted by Gasteiger charge is -2.25. The van der Waals surface area contributed by atoms with Crippen LogP contribution >= 0.6 is 11.6 Å². The molecule has 9 nitrogen and oxygen atoms in total. The zero-order chi connectivity index (χ0) is 24.7. The van der Waals surface area contributed by atoms with Gasteiger partial charge in [0, 0.05) is 25.5 Å². The number of hydrogen-bond acceptors (Lipinski definition) is 6. The molecule has 0 unspecified atom stereocenters. The average molecular weight is 507 g/mol. The van der Waals surface area contributed by atoms with Gasteiger partial charge in [0.2, 0.25) is 5.91 Å². The number of sulfonamides is 1. The van der Waals surface area contributed by atoms with Crippen molar-refractivity contribution in [3.63, 3.8) is 0 Å². The van der Waals surface area contributed by atoms with E-state index in [4.69, 9.17) is 21.1 Å². The second kappa shape index (κ2) is 11.3. The number of aryl methyl sites for hydroxylation is 2. The summed E-state index contributed by atoms with van der Waals surface area (Å²) in [6.07, 6.45) is 5.87. The first-order valence-electron chi connectivity index (χ1n) is 10.5. The molecule has 0 aliphatic heterocycles. The normalized spacial score (nSPS) is 11.2. The molecule has 11 heteroatoms. The fourth-order valence-corrected chi connectivity index (χ4v) is 5.23. The van der Waals surface area contributed by atoms with E-state index in [1.54, 1.807) is 37.6 Å². The fraction of sp³-hybridized carbons (Fsp3) is 0.304. The van der Waals surface area contributed by atoms with Gasteiger partial charge in [-0.1, -0.05) is 17.7 Å². The van der Waals surface area contributed by atoms with Crippen molar-refractivity contribution in [2.75, 3.05) is 31.6 Å². The van der Waals surface area contributed by atoms with Crippen LogP contribution in [0, 0.1) is 6.92 Å². The molecule has 0 saturated carbocycles. The monoisotopic (exact) mass is 506 g/mol. The van der Waals surface area contributed by atoms with Crippen molar-refractivity contribution in [2.45, 2.75) is 24.8 Å². The lowest BCUT2D eigenvalue weighted by atomic mass is 10.2. The number of aromatic nitrogens is 2. The number of amides is 1. The van der Waals surface area contributed by atoms with Gasteiger partial charge in [0.25, 0.3) is 10.0 Å². The molecule has 3 rings (SSSR count). The molecule has 2 aromatic carbocycles. The summed E-state index contributed by atoms with van der Waals surface area (Å²) in [5.74, 6) is 0.114. The molecule has 1 heterocycles. The SMILES string of the molecule is COc1ccc(N(CC(=O)NCCCn2ccnc2)S(=O)(=O)c2cc(C)ccc2OC)cc1Cl. The summed E-state index contributed by atoms with van der Waals surface area (Å²) in [4.78, 5) is 16.7. The largest absolute Gasteiger partial charge is 0.495 e. The van der Waals surface area contributed by atoms with E-state index in [9.17, 15) is 13.2 Å². The zero-order valence-electron chi connectivity index (χ0n) is 19.2. The Morgan fingerprint density at radius 1 is 1.15 bits per heavy atom. The van der Waals surface area contributed by atoms with Crippen molar-refractivity contribution in [3.05, 3.63) is 65.7 Å². The molecule has 1 amide bonds. The standard InChI is InChI=1S/C23H27ClN4O5S/c1-17-5-7-21(33-3)22(13-17)34(30,31)28(18-6-8-20(32-2)19(24)14-18)15-23(29)26-9-4-11-27-12-10-25-16-27/h5-8,10,12-14,16H,4,9,11,15H2,1-3H3,(H,26,29). The number of nitrogens with zero attached hydrogens (tertiary/aromatic N) is 3. The first-order valence-corrected chi connectivity index (χ1v) is 12.3. The number of nitrogens with one attached hydrogen (secondary N) is 1. The summed E-state index contributed by atoms with van der Waals surface area (Å²) < 4.78 is 40.8. The number of rotatable bonds is 11. The molecule has 0 radical (unpaired) electrons. The summed E-state index contributed by atoms with van der Waals surface area (Å²) >= 11 is 6.26. The summed E-state index contributed by atoms with van der Waals surface area (Å²) in [7, 11) is -1.32. The lowest BCUT2D eigenvalue weighted by Crippen LogP contribution is -2.41. The van der Waals surface area contributed by atoms with Crippen molar-refractivity contribution in [3.8, 4) is 11.5 Å². The Kier molecular flexibility index (Phi) is 8.41. The molecular weight excluding hydrogens is 480 g/mol. The number of methoxy groups -OCH3 is 2. The Bertz CT molecular complexity index is 1230. The minimum Gasteiger partial charge on any atom is -0.495 e. The van der Waals surface area contributed by atoms with Gasteiger partial charge >= 0.3 is 0 Å². The Morgan fingerprint density at radius 2 is 1.88 bits per heavy atom. The number of benzene rings is 2. The molecule has 1 N–H and O–H groups in total.